The average Bonchev–Trinajstić information content (AvgIpc) is 2.21. The first kappa shape index (κ1) is 7.64. The summed E-state index contributed by atoms with van der Waals surface area (Å²) in [6.45, 7) is 2.14. The lowest BCUT2D eigenvalue weighted by Crippen LogP contribution is -2.29. The quantitative estimate of drug-likeness (QED) is 0.593. The third-order valence-electron chi connectivity index (χ3n) is 1.80. The van der Waals surface area contributed by atoms with E-state index >= 15 is 0 Å². The molecule has 4 heteroatoms. The summed E-state index contributed by atoms with van der Waals surface area (Å²) in [4.78, 5) is 0. The van der Waals surface area contributed by atoms with Crippen LogP contribution in [0.25, 0.3) is 0 Å². The van der Waals surface area contributed by atoms with Gasteiger partial charge >= 0.3 is 0 Å². The van der Waals surface area contributed by atoms with E-state index in [9.17, 15) is 0 Å². The maximum Gasteiger partial charge on any atom is 0.0920 e. The molecule has 2 heterocycles. The second-order valence-electron chi connectivity index (χ2n) is 2.65. The first-order valence-corrected chi connectivity index (χ1v) is 3.99. The van der Waals surface area contributed by atoms with Crippen LogP contribution < -0.4 is 5.32 Å². The monoisotopic (exact) mass is 164 g/mol. The second-order valence-corrected chi connectivity index (χ2v) is 2.65. The predicted molar refractivity (Wildman–Crippen MR) is 42.6 cm³/mol. The molecule has 63 valence electrons. The molecular weight excluding hydrogens is 154 g/mol. The Morgan fingerprint density at radius 3 is 3.17 bits per heavy atom. The van der Waals surface area contributed by atoms with Gasteiger partial charge in [-0.15, -0.1) is 0 Å². The molecule has 1 unspecified atom stereocenters. The molecule has 1 aromatic heterocycles. The maximum absolute atomic E-state index is 5.27. The summed E-state index contributed by atoms with van der Waals surface area (Å²) in [7, 11) is 0. The number of rotatable bonds is 1. The van der Waals surface area contributed by atoms with E-state index in [0.717, 1.165) is 18.8 Å². The van der Waals surface area contributed by atoms with E-state index in [1.807, 2.05) is 12.1 Å². The van der Waals surface area contributed by atoms with Crippen molar-refractivity contribution in [2.45, 2.75) is 6.04 Å². The molecule has 2 rings (SSSR count). The van der Waals surface area contributed by atoms with Crippen molar-refractivity contribution in [2.75, 3.05) is 19.8 Å². The zero-order valence-electron chi connectivity index (χ0n) is 6.68. The first-order valence-electron chi connectivity index (χ1n) is 3.99. The van der Waals surface area contributed by atoms with Gasteiger partial charge in [0.2, 0.25) is 0 Å². The van der Waals surface area contributed by atoms with Gasteiger partial charge in [0.05, 0.1) is 24.9 Å². The van der Waals surface area contributed by atoms with Gasteiger partial charge in [-0.1, -0.05) is 0 Å². The Hall–Kier alpha value is -1.00. The average molecular weight is 164 g/mol. The van der Waals surface area contributed by atoms with E-state index in [-0.39, 0.29) is 6.04 Å². The molecule has 1 atom stereocenters. The van der Waals surface area contributed by atoms with Gasteiger partial charge in [-0.3, -0.25) is 0 Å². The third kappa shape index (κ3) is 1.60. The van der Waals surface area contributed by atoms with E-state index in [1.165, 1.54) is 0 Å². The fourth-order valence-corrected chi connectivity index (χ4v) is 1.19. The van der Waals surface area contributed by atoms with Crippen LogP contribution in [0.15, 0.2) is 18.3 Å². The zero-order chi connectivity index (χ0) is 8.23. The van der Waals surface area contributed by atoms with Crippen LogP contribution in [0.5, 0.6) is 0 Å². The Balaban J connectivity index is 2.08. The highest BCUT2D eigenvalue weighted by molar-refractivity contribution is 5.05. The van der Waals surface area contributed by atoms with Crippen LogP contribution in [0.2, 0.25) is 0 Å². The number of morpholine rings is 1. The van der Waals surface area contributed by atoms with Gasteiger partial charge < -0.3 is 4.74 Å². The van der Waals surface area contributed by atoms with Crippen molar-refractivity contribution < 1.29 is 4.74 Å². The molecule has 1 aromatic rings. The van der Waals surface area contributed by atoms with Gasteiger partial charge in [-0.25, -0.2) is 5.32 Å². The SMILES string of the molecule is c1cnnc(C2COCC[N]2)c1. The summed E-state index contributed by atoms with van der Waals surface area (Å²) in [5, 5.41) is 12.1. The van der Waals surface area contributed by atoms with E-state index in [1.54, 1.807) is 6.20 Å². The molecule has 1 radical (unpaired) electrons. The molecule has 0 bridgehead atoms. The Morgan fingerprint density at radius 1 is 1.50 bits per heavy atom. The van der Waals surface area contributed by atoms with Gasteiger partial charge in [0.15, 0.2) is 0 Å². The second kappa shape index (κ2) is 3.60. The number of aromatic nitrogens is 2. The molecular formula is C8H10N3O. The van der Waals surface area contributed by atoms with Crippen LogP contribution in [-0.2, 0) is 4.74 Å². The van der Waals surface area contributed by atoms with Crippen LogP contribution in [-0.4, -0.2) is 30.0 Å². The molecule has 1 aliphatic heterocycles. The van der Waals surface area contributed by atoms with Crippen LogP contribution in [0.3, 0.4) is 0 Å². The number of ether oxygens (including phenoxy) is 1. The van der Waals surface area contributed by atoms with E-state index in [2.05, 4.69) is 15.5 Å². The normalized spacial score (nSPS) is 23.8. The molecule has 0 amide bonds. The number of nitrogens with zero attached hydrogens (tertiary/aromatic N) is 3. The summed E-state index contributed by atoms with van der Waals surface area (Å²) in [6, 6.07) is 3.88. The number of hydrogen-bond acceptors (Lipinski definition) is 3. The lowest BCUT2D eigenvalue weighted by molar-refractivity contribution is 0.0729. The summed E-state index contributed by atoms with van der Waals surface area (Å²) in [6.07, 6.45) is 1.66. The van der Waals surface area contributed by atoms with Gasteiger partial charge in [0.1, 0.15) is 0 Å². The van der Waals surface area contributed by atoms with E-state index in [0.29, 0.717) is 6.61 Å². The van der Waals surface area contributed by atoms with Crippen LogP contribution >= 0.6 is 0 Å². The fraction of sp³-hybridized carbons (Fsp3) is 0.500. The van der Waals surface area contributed by atoms with Gasteiger partial charge in [-0.05, 0) is 12.1 Å². The smallest absolute Gasteiger partial charge is 0.0920 e. The highest BCUT2D eigenvalue weighted by Crippen LogP contribution is 2.12. The minimum Gasteiger partial charge on any atom is -0.378 e. The topological polar surface area (TPSA) is 49.1 Å². The standard InChI is InChI=1S/C8H10N3O/c1-2-7(11-10-3-1)8-6-12-5-4-9-8/h1-3,8H,4-6H2. The Labute approximate surface area is 71.0 Å². The van der Waals surface area contributed by atoms with Crippen molar-refractivity contribution >= 4 is 0 Å². The van der Waals surface area contributed by atoms with Crippen molar-refractivity contribution in [1.82, 2.24) is 15.5 Å². The highest BCUT2D eigenvalue weighted by atomic mass is 16.5. The van der Waals surface area contributed by atoms with Crippen LogP contribution in [0.4, 0.5) is 0 Å². The molecule has 0 spiro atoms. The minimum absolute atomic E-state index is 0.0902. The minimum atomic E-state index is 0.0902. The molecule has 0 saturated carbocycles. The van der Waals surface area contributed by atoms with Gasteiger partial charge in [0, 0.05) is 12.7 Å². The van der Waals surface area contributed by atoms with E-state index in [4.69, 9.17) is 4.74 Å². The molecule has 0 N–H and O–H groups in total. The molecule has 1 aliphatic rings. The third-order valence-corrected chi connectivity index (χ3v) is 1.80. The maximum atomic E-state index is 5.27. The summed E-state index contributed by atoms with van der Waals surface area (Å²) >= 11 is 0. The number of hydrogen-bond donors (Lipinski definition) is 0. The molecule has 12 heavy (non-hydrogen) atoms. The van der Waals surface area contributed by atoms with Crippen molar-refractivity contribution in [3.05, 3.63) is 24.0 Å². The largest absolute Gasteiger partial charge is 0.378 e. The van der Waals surface area contributed by atoms with Crippen molar-refractivity contribution in [1.29, 1.82) is 0 Å². The van der Waals surface area contributed by atoms with Crippen LogP contribution in [0, 0.1) is 0 Å². The molecule has 0 aliphatic carbocycles. The van der Waals surface area contributed by atoms with Crippen LogP contribution in [0.1, 0.15) is 11.7 Å². The summed E-state index contributed by atoms with van der Waals surface area (Å²) < 4.78 is 5.27. The Morgan fingerprint density at radius 2 is 2.50 bits per heavy atom. The zero-order valence-corrected chi connectivity index (χ0v) is 6.68. The van der Waals surface area contributed by atoms with E-state index < -0.39 is 0 Å². The van der Waals surface area contributed by atoms with Crippen molar-refractivity contribution in [3.63, 3.8) is 0 Å². The Kier molecular flexibility index (Phi) is 2.29. The summed E-state index contributed by atoms with van der Waals surface area (Å²) in [5.41, 5.74) is 0.900. The molecule has 4 nitrogen and oxygen atoms in total. The van der Waals surface area contributed by atoms with Crippen molar-refractivity contribution in [3.8, 4) is 0 Å². The lowest BCUT2D eigenvalue weighted by atomic mass is 10.2. The molecule has 1 fully saturated rings. The lowest BCUT2D eigenvalue weighted by Gasteiger charge is -2.20. The first-order chi connectivity index (χ1) is 5.97. The fourth-order valence-electron chi connectivity index (χ4n) is 1.19. The predicted octanol–water partition coefficient (Wildman–Crippen LogP) is 0.152. The van der Waals surface area contributed by atoms with Gasteiger partial charge in [-0.2, -0.15) is 10.2 Å². The molecule has 1 saturated heterocycles. The Bertz CT molecular complexity index is 233. The van der Waals surface area contributed by atoms with Gasteiger partial charge in [0.25, 0.3) is 0 Å². The van der Waals surface area contributed by atoms with Crippen molar-refractivity contribution in [2.24, 2.45) is 0 Å². The summed E-state index contributed by atoms with van der Waals surface area (Å²) in [5.74, 6) is 0. The highest BCUT2D eigenvalue weighted by Gasteiger charge is 2.17. The molecule has 0 aromatic carbocycles.